The maximum atomic E-state index is 12.0. The summed E-state index contributed by atoms with van der Waals surface area (Å²) in [4.78, 5) is 0. The Balaban J connectivity index is 1.73. The molecule has 2 unspecified atom stereocenters. The number of hydrogen-bond donors (Lipinski definition) is 4. The number of allylic oxidation sites excluding steroid dienone is 3. The molecule has 4 N–H and O–H groups in total. The van der Waals surface area contributed by atoms with Crippen LogP contribution in [0.1, 0.15) is 19.8 Å². The van der Waals surface area contributed by atoms with Gasteiger partial charge in [-0.15, -0.1) is 11.8 Å². The molecule has 0 saturated carbocycles. The molecular formula is C15H24N2O4S2. The Morgan fingerprint density at radius 3 is 2.74 bits per heavy atom. The van der Waals surface area contributed by atoms with Crippen LogP contribution in [0.2, 0.25) is 0 Å². The largest absolute Gasteiger partial charge is 0.393 e. The van der Waals surface area contributed by atoms with Crippen molar-refractivity contribution in [2.75, 3.05) is 25.4 Å². The maximum Gasteiger partial charge on any atom is 0.246 e. The van der Waals surface area contributed by atoms with Gasteiger partial charge in [-0.2, -0.15) is 0 Å². The second-order valence-corrected chi connectivity index (χ2v) is 8.99. The second-order valence-electron chi connectivity index (χ2n) is 5.86. The average Bonchev–Trinajstić information content (AvgIpc) is 3.07. The number of sulfonamides is 1. The molecule has 2 rings (SSSR count). The summed E-state index contributed by atoms with van der Waals surface area (Å²) in [5.41, 5.74) is -0.232. The summed E-state index contributed by atoms with van der Waals surface area (Å²) in [6.45, 7) is 2.12. The Morgan fingerprint density at radius 2 is 2.17 bits per heavy atom. The lowest BCUT2D eigenvalue weighted by atomic mass is 9.84. The molecule has 0 aromatic heterocycles. The molecule has 130 valence electrons. The minimum Gasteiger partial charge on any atom is -0.393 e. The summed E-state index contributed by atoms with van der Waals surface area (Å²) in [6.07, 6.45) is 8.83. The minimum atomic E-state index is -3.36. The van der Waals surface area contributed by atoms with E-state index in [1.807, 2.05) is 18.2 Å². The molecule has 0 bridgehead atoms. The fraction of sp³-hybridized carbons (Fsp3) is 0.600. The summed E-state index contributed by atoms with van der Waals surface area (Å²) in [7, 11) is -3.36. The predicted octanol–water partition coefficient (Wildman–Crippen LogP) is 0.677. The van der Waals surface area contributed by atoms with E-state index in [4.69, 9.17) is 5.11 Å². The Kier molecular flexibility index (Phi) is 6.33. The van der Waals surface area contributed by atoms with Crippen molar-refractivity contribution in [3.05, 3.63) is 34.2 Å². The normalized spacial score (nSPS) is 24.0. The first-order chi connectivity index (χ1) is 10.8. The van der Waals surface area contributed by atoms with E-state index in [1.54, 1.807) is 13.0 Å². The molecule has 0 radical (unpaired) electrons. The van der Waals surface area contributed by atoms with Crippen molar-refractivity contribution in [3.8, 4) is 0 Å². The molecule has 0 spiro atoms. The molecule has 8 heteroatoms. The molecule has 0 saturated heterocycles. The second kappa shape index (κ2) is 7.85. The highest BCUT2D eigenvalue weighted by molar-refractivity contribution is 8.18. The van der Waals surface area contributed by atoms with E-state index in [9.17, 15) is 13.5 Å². The van der Waals surface area contributed by atoms with Crippen LogP contribution in [0.3, 0.4) is 0 Å². The first-order valence-corrected chi connectivity index (χ1v) is 10.1. The van der Waals surface area contributed by atoms with Gasteiger partial charge in [-0.05, 0) is 25.8 Å². The van der Waals surface area contributed by atoms with Gasteiger partial charge in [0, 0.05) is 30.5 Å². The monoisotopic (exact) mass is 360 g/mol. The van der Waals surface area contributed by atoms with Crippen LogP contribution in [0.25, 0.3) is 0 Å². The smallest absolute Gasteiger partial charge is 0.246 e. The van der Waals surface area contributed by atoms with Gasteiger partial charge in [0.25, 0.3) is 0 Å². The van der Waals surface area contributed by atoms with Crippen molar-refractivity contribution in [1.29, 1.82) is 0 Å². The van der Waals surface area contributed by atoms with Crippen LogP contribution in [0, 0.1) is 5.92 Å². The van der Waals surface area contributed by atoms with Crippen molar-refractivity contribution in [2.45, 2.75) is 25.4 Å². The number of nitrogens with one attached hydrogen (secondary N) is 2. The Hall–Kier alpha value is -0.800. The number of hydrogen-bond acceptors (Lipinski definition) is 6. The van der Waals surface area contributed by atoms with E-state index in [1.165, 1.54) is 11.8 Å². The summed E-state index contributed by atoms with van der Waals surface area (Å²) >= 11 is 1.36. The van der Waals surface area contributed by atoms with Gasteiger partial charge in [0.15, 0.2) is 0 Å². The number of aliphatic hydroxyl groups excluding tert-OH is 1. The van der Waals surface area contributed by atoms with E-state index in [0.29, 0.717) is 23.7 Å². The van der Waals surface area contributed by atoms with Gasteiger partial charge >= 0.3 is 0 Å². The molecular weight excluding hydrogens is 336 g/mol. The summed E-state index contributed by atoms with van der Waals surface area (Å²) in [5, 5.41) is 22.3. The average molecular weight is 361 g/mol. The molecule has 1 aliphatic carbocycles. The standard InChI is InChI=1S/C15H24N2O4S2/c1-15(19,11-18)12-4-6-13(7-5-12)16-8-9-17-23(20,21)14-3-2-10-22-14/h3-4,6-7,12,16-19H,2,5,8-11H2,1H3. The molecule has 0 aromatic carbocycles. The van der Waals surface area contributed by atoms with Crippen molar-refractivity contribution in [3.63, 3.8) is 0 Å². The molecule has 0 aromatic rings. The third-order valence-electron chi connectivity index (χ3n) is 3.90. The van der Waals surface area contributed by atoms with Gasteiger partial charge in [0.1, 0.15) is 4.24 Å². The zero-order valence-corrected chi connectivity index (χ0v) is 14.8. The maximum absolute atomic E-state index is 12.0. The topological polar surface area (TPSA) is 98.7 Å². The van der Waals surface area contributed by atoms with Gasteiger partial charge in [0.05, 0.1) is 12.2 Å². The Bertz CT molecular complexity index is 609. The number of rotatable bonds is 8. The minimum absolute atomic E-state index is 0.122. The fourth-order valence-corrected chi connectivity index (χ4v) is 4.95. The third-order valence-corrected chi connectivity index (χ3v) is 7.09. The van der Waals surface area contributed by atoms with E-state index < -0.39 is 15.6 Å². The van der Waals surface area contributed by atoms with E-state index in [0.717, 1.165) is 17.9 Å². The molecule has 23 heavy (non-hydrogen) atoms. The van der Waals surface area contributed by atoms with Crippen LogP contribution in [0.4, 0.5) is 0 Å². The molecule has 1 aliphatic heterocycles. The lowest BCUT2D eigenvalue weighted by Crippen LogP contribution is -2.38. The molecule has 1 heterocycles. The van der Waals surface area contributed by atoms with E-state index in [2.05, 4.69) is 10.0 Å². The summed E-state index contributed by atoms with van der Waals surface area (Å²) in [6, 6.07) is 0. The van der Waals surface area contributed by atoms with Gasteiger partial charge in [-0.1, -0.05) is 18.2 Å². The van der Waals surface area contributed by atoms with Gasteiger partial charge in [-0.25, -0.2) is 13.1 Å². The third kappa shape index (κ3) is 5.09. The zero-order valence-electron chi connectivity index (χ0n) is 13.2. The first kappa shape index (κ1) is 18.5. The highest BCUT2D eigenvalue weighted by atomic mass is 32.3. The van der Waals surface area contributed by atoms with Crippen LogP contribution >= 0.6 is 11.8 Å². The molecule has 2 atom stereocenters. The quantitative estimate of drug-likeness (QED) is 0.475. The lowest BCUT2D eigenvalue weighted by Gasteiger charge is -2.30. The van der Waals surface area contributed by atoms with Crippen LogP contribution in [-0.2, 0) is 10.0 Å². The van der Waals surface area contributed by atoms with Crippen molar-refractivity contribution in [2.24, 2.45) is 5.92 Å². The molecule has 6 nitrogen and oxygen atoms in total. The zero-order chi connectivity index (χ0) is 16.9. The van der Waals surface area contributed by atoms with E-state index in [-0.39, 0.29) is 12.5 Å². The van der Waals surface area contributed by atoms with Crippen molar-refractivity contribution < 1.29 is 18.6 Å². The molecule has 0 fully saturated rings. The van der Waals surface area contributed by atoms with E-state index >= 15 is 0 Å². The fourth-order valence-electron chi connectivity index (χ4n) is 2.38. The Labute approximate surface area is 141 Å². The lowest BCUT2D eigenvalue weighted by molar-refractivity contribution is -0.0312. The number of aliphatic hydroxyl groups is 2. The van der Waals surface area contributed by atoms with Gasteiger partial charge in [-0.3, -0.25) is 0 Å². The highest BCUT2D eigenvalue weighted by Crippen LogP contribution is 2.28. The first-order valence-electron chi connectivity index (χ1n) is 7.63. The summed E-state index contributed by atoms with van der Waals surface area (Å²) in [5.74, 6) is 0.702. The highest BCUT2D eigenvalue weighted by Gasteiger charge is 2.29. The van der Waals surface area contributed by atoms with Gasteiger partial charge in [0.2, 0.25) is 10.0 Å². The van der Waals surface area contributed by atoms with Crippen LogP contribution < -0.4 is 10.0 Å². The van der Waals surface area contributed by atoms with Crippen molar-refractivity contribution >= 4 is 21.8 Å². The number of thioether (sulfide) groups is 1. The Morgan fingerprint density at radius 1 is 1.39 bits per heavy atom. The van der Waals surface area contributed by atoms with Crippen LogP contribution in [-0.4, -0.2) is 49.7 Å². The molecule has 2 aliphatic rings. The van der Waals surface area contributed by atoms with Crippen LogP contribution in [0.15, 0.2) is 34.2 Å². The summed E-state index contributed by atoms with van der Waals surface area (Å²) < 4.78 is 26.9. The SMILES string of the molecule is CC(O)(CO)C1C=CC(NCCNS(=O)(=O)C2=CCCS2)=CC1. The van der Waals surface area contributed by atoms with Crippen LogP contribution in [0.5, 0.6) is 0 Å². The van der Waals surface area contributed by atoms with Crippen molar-refractivity contribution in [1.82, 2.24) is 10.0 Å². The molecule has 0 amide bonds. The van der Waals surface area contributed by atoms with Gasteiger partial charge < -0.3 is 15.5 Å². The predicted molar refractivity (Wildman–Crippen MR) is 93.1 cm³/mol.